The molecule has 2 unspecified atom stereocenters. The van der Waals surface area contributed by atoms with Gasteiger partial charge in [-0.3, -0.25) is 4.79 Å². The SMILES string of the molecule is CCOC(=O)C(C)(C)Oc1c(C)cc(C2CC2C(=O)c2ccc(SC)cc2)cc1C. The standard InChI is InChI=1S/C25H30O4S/c1-7-28-24(27)25(4,5)29-23-15(2)12-18(13-16(23)3)20-14-21(20)22(26)17-8-10-19(30-6)11-9-17/h8-13,20-21H,7,14H2,1-6H3. The largest absolute Gasteiger partial charge is 0.476 e. The van der Waals surface area contributed by atoms with Crippen molar-refractivity contribution in [3.8, 4) is 5.75 Å². The van der Waals surface area contributed by atoms with Gasteiger partial charge in [0.15, 0.2) is 11.4 Å². The first-order chi connectivity index (χ1) is 14.2. The molecular weight excluding hydrogens is 396 g/mol. The van der Waals surface area contributed by atoms with Gasteiger partial charge in [-0.25, -0.2) is 4.79 Å². The molecule has 1 aliphatic rings. The Bertz CT molecular complexity index is 923. The van der Waals surface area contributed by atoms with Crippen molar-refractivity contribution in [3.05, 3.63) is 58.7 Å². The molecule has 0 bridgehead atoms. The highest BCUT2D eigenvalue weighted by Gasteiger charge is 2.44. The molecule has 3 rings (SSSR count). The van der Waals surface area contributed by atoms with Crippen LogP contribution >= 0.6 is 11.8 Å². The van der Waals surface area contributed by atoms with E-state index in [4.69, 9.17) is 9.47 Å². The number of thioether (sulfide) groups is 1. The van der Waals surface area contributed by atoms with Crippen LogP contribution in [0.3, 0.4) is 0 Å². The Kier molecular flexibility index (Phi) is 6.61. The summed E-state index contributed by atoms with van der Waals surface area (Å²) in [5, 5.41) is 0. The lowest BCUT2D eigenvalue weighted by atomic mass is 9.98. The molecule has 2 aromatic carbocycles. The summed E-state index contributed by atoms with van der Waals surface area (Å²) >= 11 is 1.67. The van der Waals surface area contributed by atoms with Crippen LogP contribution in [0.15, 0.2) is 41.3 Å². The highest BCUT2D eigenvalue weighted by molar-refractivity contribution is 7.98. The molecule has 0 spiro atoms. The van der Waals surface area contributed by atoms with Crippen LogP contribution in [0.1, 0.15) is 60.2 Å². The zero-order chi connectivity index (χ0) is 22.1. The van der Waals surface area contributed by atoms with E-state index >= 15 is 0 Å². The van der Waals surface area contributed by atoms with Crippen molar-refractivity contribution in [3.63, 3.8) is 0 Å². The zero-order valence-corrected chi connectivity index (χ0v) is 19.4. The summed E-state index contributed by atoms with van der Waals surface area (Å²) in [6, 6.07) is 12.0. The second-order valence-corrected chi connectivity index (χ2v) is 9.24. The molecule has 0 saturated heterocycles. The fraction of sp³-hybridized carbons (Fsp3) is 0.440. The van der Waals surface area contributed by atoms with Gasteiger partial charge in [0.1, 0.15) is 5.75 Å². The molecule has 0 amide bonds. The summed E-state index contributed by atoms with van der Waals surface area (Å²) in [4.78, 5) is 26.2. The maximum absolute atomic E-state index is 12.9. The number of aryl methyl sites for hydroxylation is 2. The number of ether oxygens (including phenoxy) is 2. The summed E-state index contributed by atoms with van der Waals surface area (Å²) in [5.41, 5.74) is 2.80. The molecule has 160 valence electrons. The number of esters is 1. The van der Waals surface area contributed by atoms with Crippen LogP contribution in [-0.4, -0.2) is 30.2 Å². The van der Waals surface area contributed by atoms with Crippen molar-refractivity contribution in [2.24, 2.45) is 5.92 Å². The Morgan fingerprint density at radius 2 is 1.70 bits per heavy atom. The molecule has 1 aliphatic carbocycles. The van der Waals surface area contributed by atoms with Crippen LogP contribution < -0.4 is 4.74 Å². The third kappa shape index (κ3) is 4.72. The van der Waals surface area contributed by atoms with Crippen molar-refractivity contribution in [2.45, 2.75) is 57.5 Å². The minimum absolute atomic E-state index is 0.0340. The number of Topliss-reactive ketones (excluding diaryl/α,β-unsaturated/α-hetero) is 1. The van der Waals surface area contributed by atoms with Crippen molar-refractivity contribution in [1.82, 2.24) is 0 Å². The maximum Gasteiger partial charge on any atom is 0.349 e. The van der Waals surface area contributed by atoms with Gasteiger partial charge in [-0.15, -0.1) is 11.8 Å². The van der Waals surface area contributed by atoms with Crippen LogP contribution in [0.5, 0.6) is 5.75 Å². The molecule has 0 aliphatic heterocycles. The first-order valence-electron chi connectivity index (χ1n) is 10.3. The second-order valence-electron chi connectivity index (χ2n) is 8.36. The first-order valence-corrected chi connectivity index (χ1v) is 11.6. The normalized spacial score (nSPS) is 18.1. The first kappa shape index (κ1) is 22.4. The molecule has 0 aromatic heterocycles. The van der Waals surface area contributed by atoms with Crippen LogP contribution in [0, 0.1) is 19.8 Å². The molecule has 4 nitrogen and oxygen atoms in total. The number of carbonyl (C=O) groups is 2. The molecule has 30 heavy (non-hydrogen) atoms. The average Bonchev–Trinajstić information content (AvgIpc) is 3.51. The minimum Gasteiger partial charge on any atom is -0.476 e. The van der Waals surface area contributed by atoms with Gasteiger partial charge in [0.2, 0.25) is 0 Å². The van der Waals surface area contributed by atoms with Gasteiger partial charge in [-0.1, -0.05) is 24.3 Å². The van der Waals surface area contributed by atoms with E-state index in [9.17, 15) is 9.59 Å². The number of hydrogen-bond acceptors (Lipinski definition) is 5. The van der Waals surface area contributed by atoms with Crippen molar-refractivity contribution >= 4 is 23.5 Å². The molecule has 0 radical (unpaired) electrons. The quantitative estimate of drug-likeness (QED) is 0.306. The smallest absolute Gasteiger partial charge is 0.349 e. The Morgan fingerprint density at radius 3 is 2.23 bits per heavy atom. The molecule has 0 heterocycles. The summed E-state index contributed by atoms with van der Waals surface area (Å²) < 4.78 is 11.2. The highest BCUT2D eigenvalue weighted by Crippen LogP contribution is 2.50. The lowest BCUT2D eigenvalue weighted by Gasteiger charge is -2.26. The Hall–Kier alpha value is -2.27. The number of hydrogen-bond donors (Lipinski definition) is 0. The fourth-order valence-corrected chi connectivity index (χ4v) is 4.19. The number of benzene rings is 2. The van der Waals surface area contributed by atoms with Gasteiger partial charge in [0.05, 0.1) is 6.61 Å². The van der Waals surface area contributed by atoms with Crippen LogP contribution in [0.25, 0.3) is 0 Å². The van der Waals surface area contributed by atoms with Gasteiger partial charge >= 0.3 is 5.97 Å². The Labute approximate surface area is 183 Å². The average molecular weight is 427 g/mol. The molecule has 2 aromatic rings. The fourth-order valence-electron chi connectivity index (χ4n) is 3.78. The highest BCUT2D eigenvalue weighted by atomic mass is 32.2. The van der Waals surface area contributed by atoms with Crippen LogP contribution in [0.2, 0.25) is 0 Å². The Morgan fingerprint density at radius 1 is 1.10 bits per heavy atom. The summed E-state index contributed by atoms with van der Waals surface area (Å²) in [5.74, 6) is 0.807. The van der Waals surface area contributed by atoms with E-state index < -0.39 is 5.60 Å². The maximum atomic E-state index is 12.9. The van der Waals surface area contributed by atoms with Crippen molar-refractivity contribution < 1.29 is 19.1 Å². The second kappa shape index (κ2) is 8.84. The Balaban J connectivity index is 1.74. The minimum atomic E-state index is -1.06. The molecule has 2 atom stereocenters. The monoisotopic (exact) mass is 426 g/mol. The zero-order valence-electron chi connectivity index (χ0n) is 18.6. The van der Waals surface area contributed by atoms with Gasteiger partial charge in [0.25, 0.3) is 0 Å². The third-order valence-corrected chi connectivity index (χ3v) is 6.28. The predicted octanol–water partition coefficient (Wildman–Crippen LogP) is 5.73. The third-order valence-electron chi connectivity index (χ3n) is 5.54. The van der Waals surface area contributed by atoms with Gasteiger partial charge in [0, 0.05) is 16.4 Å². The van der Waals surface area contributed by atoms with E-state index in [1.54, 1.807) is 32.5 Å². The number of rotatable bonds is 8. The molecule has 1 fully saturated rings. The van der Waals surface area contributed by atoms with E-state index in [0.717, 1.165) is 33.6 Å². The van der Waals surface area contributed by atoms with Gasteiger partial charge < -0.3 is 9.47 Å². The molecule has 0 N–H and O–H groups in total. The van der Waals surface area contributed by atoms with Crippen LogP contribution in [-0.2, 0) is 9.53 Å². The summed E-state index contributed by atoms with van der Waals surface area (Å²) in [7, 11) is 0. The lowest BCUT2D eigenvalue weighted by Crippen LogP contribution is -2.40. The van der Waals surface area contributed by atoms with Gasteiger partial charge in [-0.05, 0) is 82.0 Å². The predicted molar refractivity (Wildman–Crippen MR) is 121 cm³/mol. The number of ketones is 1. The summed E-state index contributed by atoms with van der Waals surface area (Å²) in [6.07, 6.45) is 2.90. The van der Waals surface area contributed by atoms with Gasteiger partial charge in [-0.2, -0.15) is 0 Å². The van der Waals surface area contributed by atoms with E-state index in [2.05, 4.69) is 12.1 Å². The van der Waals surface area contributed by atoms with E-state index in [-0.39, 0.29) is 23.6 Å². The number of carbonyl (C=O) groups excluding carboxylic acids is 2. The molecule has 1 saturated carbocycles. The molecular formula is C25H30O4S. The van der Waals surface area contributed by atoms with E-state index in [0.29, 0.717) is 12.4 Å². The van der Waals surface area contributed by atoms with E-state index in [1.165, 1.54) is 0 Å². The lowest BCUT2D eigenvalue weighted by molar-refractivity contribution is -0.158. The topological polar surface area (TPSA) is 52.6 Å². The summed E-state index contributed by atoms with van der Waals surface area (Å²) in [6.45, 7) is 9.50. The van der Waals surface area contributed by atoms with Crippen LogP contribution in [0.4, 0.5) is 0 Å². The molecule has 5 heteroatoms. The van der Waals surface area contributed by atoms with E-state index in [1.807, 2.05) is 44.4 Å². The van der Waals surface area contributed by atoms with Crippen molar-refractivity contribution in [1.29, 1.82) is 0 Å². The van der Waals surface area contributed by atoms with Crippen molar-refractivity contribution in [2.75, 3.05) is 12.9 Å².